The average Bonchev–Trinajstić information content (AvgIpc) is 2.64. The molecule has 0 radical (unpaired) electrons. The lowest BCUT2D eigenvalue weighted by molar-refractivity contribution is -0.384. The van der Waals surface area contributed by atoms with Gasteiger partial charge in [0.25, 0.3) is 5.69 Å². The van der Waals surface area contributed by atoms with E-state index in [4.69, 9.17) is 5.73 Å². The van der Waals surface area contributed by atoms with E-state index in [-0.39, 0.29) is 16.7 Å². The number of rotatable bonds is 5. The molecule has 3 rings (SSSR count). The second-order valence-corrected chi connectivity index (χ2v) is 5.96. The molecule has 6 heteroatoms. The summed E-state index contributed by atoms with van der Waals surface area (Å²) >= 11 is 0. The Kier molecular flexibility index (Phi) is 5.08. The van der Waals surface area contributed by atoms with Crippen LogP contribution in [-0.4, -0.2) is 42.5 Å². The lowest BCUT2D eigenvalue weighted by atomic mass is 10.0. The summed E-state index contributed by atoms with van der Waals surface area (Å²) in [5.74, 6) is 0. The molecule has 1 heterocycles. The van der Waals surface area contributed by atoms with Crippen LogP contribution in [0, 0.1) is 10.1 Å². The van der Waals surface area contributed by atoms with E-state index in [1.54, 1.807) is 12.1 Å². The first kappa shape index (κ1) is 16.4. The number of nitro groups is 1. The van der Waals surface area contributed by atoms with Crippen LogP contribution in [0.1, 0.15) is 11.6 Å². The molecule has 1 fully saturated rings. The molecule has 1 aliphatic heterocycles. The fourth-order valence-corrected chi connectivity index (χ4v) is 3.27. The second-order valence-electron chi connectivity index (χ2n) is 5.96. The number of para-hydroxylation sites is 1. The predicted octanol–water partition coefficient (Wildman–Crippen LogP) is 2.42. The maximum atomic E-state index is 11.0. The van der Waals surface area contributed by atoms with Gasteiger partial charge in [-0.05, 0) is 17.7 Å². The highest BCUT2D eigenvalue weighted by Crippen LogP contribution is 2.26. The van der Waals surface area contributed by atoms with E-state index in [1.807, 2.05) is 24.3 Å². The van der Waals surface area contributed by atoms with Gasteiger partial charge in [-0.25, -0.2) is 0 Å². The molecule has 6 nitrogen and oxygen atoms in total. The van der Waals surface area contributed by atoms with E-state index < -0.39 is 0 Å². The number of nitrogens with zero attached hydrogens (tertiary/aromatic N) is 3. The first-order chi connectivity index (χ1) is 11.7. The number of nitrogens with two attached hydrogens (primary N) is 1. The maximum Gasteiger partial charge on any atom is 0.269 e. The standard InChI is InChI=1S/C18H22N4O2/c19-14-18(15-5-4-8-17(13-15)22(23)24)21-11-9-20(10-12-21)16-6-2-1-3-7-16/h1-8,13,18H,9-12,14,19H2. The van der Waals surface area contributed by atoms with Gasteiger partial charge in [0.15, 0.2) is 0 Å². The summed E-state index contributed by atoms with van der Waals surface area (Å²) in [7, 11) is 0. The van der Waals surface area contributed by atoms with E-state index in [9.17, 15) is 10.1 Å². The molecule has 1 saturated heterocycles. The van der Waals surface area contributed by atoms with Crippen LogP contribution in [0.3, 0.4) is 0 Å². The average molecular weight is 326 g/mol. The van der Waals surface area contributed by atoms with Crippen molar-refractivity contribution in [1.29, 1.82) is 0 Å². The number of nitro benzene ring substituents is 1. The van der Waals surface area contributed by atoms with Gasteiger partial charge in [-0.15, -0.1) is 0 Å². The minimum absolute atomic E-state index is 0.0165. The van der Waals surface area contributed by atoms with Crippen molar-refractivity contribution in [3.63, 3.8) is 0 Å². The van der Waals surface area contributed by atoms with Crippen LogP contribution in [0.2, 0.25) is 0 Å². The van der Waals surface area contributed by atoms with E-state index in [0.717, 1.165) is 31.7 Å². The SMILES string of the molecule is NCC(c1cccc([N+](=O)[O-])c1)N1CCN(c2ccccc2)CC1. The third kappa shape index (κ3) is 3.55. The molecule has 1 aliphatic rings. The molecule has 0 amide bonds. The van der Waals surface area contributed by atoms with Gasteiger partial charge in [-0.3, -0.25) is 15.0 Å². The molecule has 0 aromatic heterocycles. The summed E-state index contributed by atoms with van der Waals surface area (Å²) in [5, 5.41) is 11.0. The van der Waals surface area contributed by atoms with Gasteiger partial charge < -0.3 is 10.6 Å². The normalized spacial score (nSPS) is 16.8. The fourth-order valence-electron chi connectivity index (χ4n) is 3.27. The zero-order chi connectivity index (χ0) is 16.9. The predicted molar refractivity (Wildman–Crippen MR) is 95.1 cm³/mol. The number of hydrogen-bond acceptors (Lipinski definition) is 5. The van der Waals surface area contributed by atoms with Crippen molar-refractivity contribution >= 4 is 11.4 Å². The summed E-state index contributed by atoms with van der Waals surface area (Å²) < 4.78 is 0. The van der Waals surface area contributed by atoms with Crippen molar-refractivity contribution in [1.82, 2.24) is 4.90 Å². The molecule has 0 aliphatic carbocycles. The van der Waals surface area contributed by atoms with Gasteiger partial charge in [0, 0.05) is 56.6 Å². The monoisotopic (exact) mass is 326 g/mol. The minimum Gasteiger partial charge on any atom is -0.369 e. The van der Waals surface area contributed by atoms with Crippen molar-refractivity contribution in [2.75, 3.05) is 37.6 Å². The van der Waals surface area contributed by atoms with Gasteiger partial charge in [-0.2, -0.15) is 0 Å². The Morgan fingerprint density at radius 1 is 1.04 bits per heavy atom. The molecule has 2 aromatic carbocycles. The van der Waals surface area contributed by atoms with Crippen LogP contribution < -0.4 is 10.6 Å². The van der Waals surface area contributed by atoms with Crippen LogP contribution in [0.5, 0.6) is 0 Å². The molecular weight excluding hydrogens is 304 g/mol. The smallest absolute Gasteiger partial charge is 0.269 e. The summed E-state index contributed by atoms with van der Waals surface area (Å²) in [6.45, 7) is 4.08. The van der Waals surface area contributed by atoms with Crippen molar-refractivity contribution in [3.05, 3.63) is 70.3 Å². The Bertz CT molecular complexity index is 684. The third-order valence-electron chi connectivity index (χ3n) is 4.57. The first-order valence-corrected chi connectivity index (χ1v) is 8.17. The zero-order valence-electron chi connectivity index (χ0n) is 13.5. The largest absolute Gasteiger partial charge is 0.369 e. The van der Waals surface area contributed by atoms with Gasteiger partial charge in [0.2, 0.25) is 0 Å². The topological polar surface area (TPSA) is 75.6 Å². The number of non-ortho nitro benzene ring substituents is 1. The van der Waals surface area contributed by atoms with Gasteiger partial charge in [-0.1, -0.05) is 30.3 Å². The zero-order valence-corrected chi connectivity index (χ0v) is 13.5. The quantitative estimate of drug-likeness (QED) is 0.674. The number of anilines is 1. The highest BCUT2D eigenvalue weighted by atomic mass is 16.6. The van der Waals surface area contributed by atoms with Crippen LogP contribution in [0.25, 0.3) is 0 Å². The summed E-state index contributed by atoms with van der Waals surface area (Å²) in [6.07, 6.45) is 0. The highest BCUT2D eigenvalue weighted by molar-refractivity contribution is 5.46. The Morgan fingerprint density at radius 2 is 1.75 bits per heavy atom. The number of hydrogen-bond donors (Lipinski definition) is 1. The summed E-state index contributed by atoms with van der Waals surface area (Å²) in [5.41, 5.74) is 8.25. The number of piperazine rings is 1. The van der Waals surface area contributed by atoms with E-state index in [2.05, 4.69) is 21.9 Å². The van der Waals surface area contributed by atoms with Crippen LogP contribution in [-0.2, 0) is 0 Å². The van der Waals surface area contributed by atoms with Crippen LogP contribution in [0.15, 0.2) is 54.6 Å². The molecular formula is C18H22N4O2. The van der Waals surface area contributed by atoms with E-state index in [0.29, 0.717) is 6.54 Å². The van der Waals surface area contributed by atoms with Crippen molar-refractivity contribution in [2.45, 2.75) is 6.04 Å². The first-order valence-electron chi connectivity index (χ1n) is 8.17. The molecule has 1 unspecified atom stereocenters. The maximum absolute atomic E-state index is 11.0. The molecule has 0 saturated carbocycles. The molecule has 126 valence electrons. The molecule has 24 heavy (non-hydrogen) atoms. The molecule has 2 N–H and O–H groups in total. The van der Waals surface area contributed by atoms with Crippen LogP contribution >= 0.6 is 0 Å². The summed E-state index contributed by atoms with van der Waals surface area (Å²) in [4.78, 5) is 15.3. The Morgan fingerprint density at radius 3 is 2.38 bits per heavy atom. The van der Waals surface area contributed by atoms with Crippen molar-refractivity contribution in [2.24, 2.45) is 5.73 Å². The highest BCUT2D eigenvalue weighted by Gasteiger charge is 2.25. The number of benzene rings is 2. The van der Waals surface area contributed by atoms with Gasteiger partial charge in [0.05, 0.1) is 4.92 Å². The minimum atomic E-state index is -0.357. The van der Waals surface area contributed by atoms with Crippen molar-refractivity contribution in [3.8, 4) is 0 Å². The van der Waals surface area contributed by atoms with E-state index in [1.165, 1.54) is 11.8 Å². The van der Waals surface area contributed by atoms with Crippen molar-refractivity contribution < 1.29 is 4.92 Å². The molecule has 1 atom stereocenters. The van der Waals surface area contributed by atoms with Gasteiger partial charge >= 0.3 is 0 Å². The third-order valence-corrected chi connectivity index (χ3v) is 4.57. The van der Waals surface area contributed by atoms with Gasteiger partial charge in [0.1, 0.15) is 0 Å². The second kappa shape index (κ2) is 7.42. The lowest BCUT2D eigenvalue weighted by Gasteiger charge is -2.40. The summed E-state index contributed by atoms with van der Waals surface area (Å²) in [6, 6.07) is 17.2. The van der Waals surface area contributed by atoms with E-state index >= 15 is 0 Å². The fraction of sp³-hybridized carbons (Fsp3) is 0.333. The Balaban J connectivity index is 1.70. The lowest BCUT2D eigenvalue weighted by Crippen LogP contribution is -2.49. The Hall–Kier alpha value is -2.44. The Labute approximate surface area is 141 Å². The molecule has 2 aromatic rings. The van der Waals surface area contributed by atoms with Crippen LogP contribution in [0.4, 0.5) is 11.4 Å². The molecule has 0 spiro atoms. The molecule has 0 bridgehead atoms.